The summed E-state index contributed by atoms with van der Waals surface area (Å²) >= 11 is 0.871. The molecule has 0 bridgehead atoms. The summed E-state index contributed by atoms with van der Waals surface area (Å²) in [6.07, 6.45) is -0.693. The van der Waals surface area contributed by atoms with Crippen LogP contribution in [0.2, 0.25) is 0 Å². The Kier molecular flexibility index (Phi) is 5.17. The van der Waals surface area contributed by atoms with Crippen LogP contribution in [0.3, 0.4) is 0 Å². The van der Waals surface area contributed by atoms with Crippen molar-refractivity contribution in [2.24, 2.45) is 7.05 Å². The number of nitrogens with zero attached hydrogens (tertiary/aromatic N) is 3. The maximum absolute atomic E-state index is 13.2. The van der Waals surface area contributed by atoms with E-state index in [1.807, 2.05) is 6.07 Å². The van der Waals surface area contributed by atoms with E-state index in [0.29, 0.717) is 17.0 Å². The van der Waals surface area contributed by atoms with E-state index in [1.165, 1.54) is 22.9 Å². The average molecular weight is 395 g/mol. The van der Waals surface area contributed by atoms with E-state index >= 15 is 0 Å². The number of carbonyl (C=O) groups is 1. The summed E-state index contributed by atoms with van der Waals surface area (Å²) < 4.78 is 43.7. The van der Waals surface area contributed by atoms with Gasteiger partial charge in [0, 0.05) is 30.0 Å². The third-order valence-corrected chi connectivity index (χ3v) is 5.41. The highest BCUT2D eigenvalue weighted by molar-refractivity contribution is 7.97. The van der Waals surface area contributed by atoms with Crippen molar-refractivity contribution in [1.29, 1.82) is 5.26 Å². The third-order valence-electron chi connectivity index (χ3n) is 4.46. The smallest absolute Gasteiger partial charge is 0.345 e. The molecule has 0 unspecified atom stereocenters. The monoisotopic (exact) mass is 395 g/mol. The zero-order valence-electron chi connectivity index (χ0n) is 14.3. The number of nitriles is 1. The number of hydrogen-bond donors (Lipinski definition) is 2. The second-order valence-corrected chi connectivity index (χ2v) is 7.18. The van der Waals surface area contributed by atoms with Gasteiger partial charge in [0.2, 0.25) is 0 Å². The average Bonchev–Trinajstić information content (AvgIpc) is 2.93. The van der Waals surface area contributed by atoms with Gasteiger partial charge >= 0.3 is 6.18 Å². The van der Waals surface area contributed by atoms with E-state index in [4.69, 9.17) is 5.26 Å². The van der Waals surface area contributed by atoms with Gasteiger partial charge in [-0.1, -0.05) is 0 Å². The number of nitrogens with one attached hydrogen (secondary N) is 2. The number of amides is 1. The Hall–Kier alpha value is -2.51. The van der Waals surface area contributed by atoms with E-state index in [-0.39, 0.29) is 24.2 Å². The first-order valence-corrected chi connectivity index (χ1v) is 8.90. The first kappa shape index (κ1) is 19.3. The molecular weight excluding hydrogens is 379 g/mol. The van der Waals surface area contributed by atoms with Gasteiger partial charge in [0.1, 0.15) is 23.0 Å². The summed E-state index contributed by atoms with van der Waals surface area (Å²) in [5.41, 5.74) is -1.01. The normalized spacial score (nSPS) is 15.7. The predicted molar refractivity (Wildman–Crippen MR) is 93.9 cm³/mol. The first-order valence-electron chi connectivity index (χ1n) is 8.09. The van der Waals surface area contributed by atoms with Crippen LogP contribution < -0.4 is 10.0 Å². The van der Waals surface area contributed by atoms with Crippen LogP contribution in [-0.4, -0.2) is 27.2 Å². The van der Waals surface area contributed by atoms with Crippen LogP contribution in [0, 0.1) is 11.3 Å². The maximum atomic E-state index is 13.2. The number of carbonyl (C=O) groups excluding carboxylic acids is 1. The molecule has 2 heterocycles. The van der Waals surface area contributed by atoms with Crippen LogP contribution in [-0.2, 0) is 7.05 Å². The molecule has 2 aromatic heterocycles. The van der Waals surface area contributed by atoms with Crippen molar-refractivity contribution in [1.82, 2.24) is 14.3 Å². The molecule has 142 valence electrons. The molecule has 2 N–H and O–H groups in total. The summed E-state index contributed by atoms with van der Waals surface area (Å²) in [4.78, 5) is 16.8. The molecule has 1 fully saturated rings. The molecule has 0 aliphatic heterocycles. The summed E-state index contributed by atoms with van der Waals surface area (Å²) in [6, 6.07) is 6.37. The number of alkyl halides is 3. The second kappa shape index (κ2) is 7.25. The summed E-state index contributed by atoms with van der Waals surface area (Å²) in [7, 11) is 1.63. The molecule has 1 aliphatic carbocycles. The van der Waals surface area contributed by atoms with Crippen molar-refractivity contribution in [3.05, 3.63) is 42.0 Å². The van der Waals surface area contributed by atoms with Crippen LogP contribution in [0.4, 0.5) is 18.9 Å². The molecule has 10 heteroatoms. The fourth-order valence-corrected chi connectivity index (χ4v) is 3.73. The van der Waals surface area contributed by atoms with E-state index in [1.54, 1.807) is 19.3 Å². The number of aryl methyl sites for hydroxylation is 1. The molecule has 0 spiro atoms. The van der Waals surface area contributed by atoms with Crippen molar-refractivity contribution in [2.45, 2.75) is 35.9 Å². The number of anilines is 1. The van der Waals surface area contributed by atoms with Gasteiger partial charge in [-0.2, -0.15) is 18.4 Å². The highest BCUT2D eigenvalue weighted by Crippen LogP contribution is 2.46. The Balaban J connectivity index is 1.69. The molecule has 1 amide bonds. The minimum Gasteiger partial charge on any atom is -0.345 e. The van der Waals surface area contributed by atoms with Crippen molar-refractivity contribution in [2.75, 3.05) is 5.32 Å². The summed E-state index contributed by atoms with van der Waals surface area (Å²) in [5.74, 6) is -0.436. The number of hydrogen-bond acceptors (Lipinski definition) is 5. The lowest BCUT2D eigenvalue weighted by molar-refractivity contribution is -0.211. The van der Waals surface area contributed by atoms with Gasteiger partial charge in [-0.05, 0) is 49.4 Å². The van der Waals surface area contributed by atoms with Crippen LogP contribution in [0.15, 0.2) is 35.5 Å². The Bertz CT molecular complexity index is 899. The molecule has 1 aliphatic rings. The zero-order valence-corrected chi connectivity index (χ0v) is 15.1. The van der Waals surface area contributed by atoms with E-state index in [0.717, 1.165) is 11.9 Å². The third kappa shape index (κ3) is 3.94. The first-order chi connectivity index (χ1) is 12.7. The fraction of sp³-hybridized carbons (Fsp3) is 0.353. The molecule has 0 saturated heterocycles. The summed E-state index contributed by atoms with van der Waals surface area (Å²) in [6.45, 7) is 0. The Labute approximate surface area is 157 Å². The molecule has 0 radical (unpaired) electrons. The minimum absolute atomic E-state index is 0.0486. The topological polar surface area (TPSA) is 82.7 Å². The molecule has 0 aromatic carbocycles. The van der Waals surface area contributed by atoms with E-state index in [2.05, 4.69) is 15.0 Å². The van der Waals surface area contributed by atoms with Crippen molar-refractivity contribution < 1.29 is 18.0 Å². The van der Waals surface area contributed by atoms with E-state index in [9.17, 15) is 18.0 Å². The van der Waals surface area contributed by atoms with Gasteiger partial charge < -0.3 is 9.88 Å². The predicted octanol–water partition coefficient (Wildman–Crippen LogP) is 3.63. The maximum Gasteiger partial charge on any atom is 0.407 e. The van der Waals surface area contributed by atoms with Crippen LogP contribution in [0.1, 0.15) is 35.4 Å². The highest BCUT2D eigenvalue weighted by atomic mass is 32.2. The van der Waals surface area contributed by atoms with Crippen LogP contribution >= 0.6 is 11.9 Å². The second-order valence-electron chi connectivity index (χ2n) is 6.31. The minimum atomic E-state index is -4.31. The molecule has 3 rings (SSSR count). The van der Waals surface area contributed by atoms with Crippen molar-refractivity contribution in [3.63, 3.8) is 0 Å². The molecule has 0 atom stereocenters. The van der Waals surface area contributed by atoms with E-state index < -0.39 is 17.6 Å². The Morgan fingerprint density at radius 1 is 1.41 bits per heavy atom. The Morgan fingerprint density at radius 2 is 2.15 bits per heavy atom. The number of aromatic nitrogens is 2. The lowest BCUT2D eigenvalue weighted by atomic mass is 9.77. The largest absolute Gasteiger partial charge is 0.407 e. The zero-order chi connectivity index (χ0) is 19.7. The Morgan fingerprint density at radius 3 is 2.74 bits per heavy atom. The van der Waals surface area contributed by atoms with Gasteiger partial charge in [0.25, 0.3) is 5.91 Å². The molecular formula is C17H16F3N5OS. The van der Waals surface area contributed by atoms with Gasteiger partial charge in [0.15, 0.2) is 0 Å². The van der Waals surface area contributed by atoms with Gasteiger partial charge in [0.05, 0.1) is 0 Å². The number of pyridine rings is 1. The van der Waals surface area contributed by atoms with Crippen LogP contribution in [0.5, 0.6) is 0 Å². The highest BCUT2D eigenvalue weighted by Gasteiger charge is 2.58. The lowest BCUT2D eigenvalue weighted by Gasteiger charge is -2.43. The van der Waals surface area contributed by atoms with Gasteiger partial charge in [-0.25, -0.2) is 9.71 Å². The number of rotatable bonds is 5. The van der Waals surface area contributed by atoms with Gasteiger partial charge in [-0.3, -0.25) is 4.79 Å². The fourth-order valence-electron chi connectivity index (χ4n) is 2.71. The molecule has 1 saturated carbocycles. The SMILES string of the molecule is Cn1cc(SNC2(C(F)(F)F)CCC2)cc1C(=O)Nc1ccnc(C#N)c1. The van der Waals surface area contributed by atoms with Crippen molar-refractivity contribution >= 4 is 23.5 Å². The lowest BCUT2D eigenvalue weighted by Crippen LogP contribution is -2.59. The van der Waals surface area contributed by atoms with Crippen LogP contribution in [0.25, 0.3) is 0 Å². The quantitative estimate of drug-likeness (QED) is 0.756. The molecule has 6 nitrogen and oxygen atoms in total. The summed E-state index contributed by atoms with van der Waals surface area (Å²) in [5, 5.41) is 11.5. The standard InChI is InChI=1S/C17H16F3N5OS/c1-25-10-13(27-24-16(4-2-5-16)17(18,19)20)8-14(25)15(26)23-11-3-6-22-12(7-11)9-21/h3,6-8,10,24H,2,4-5H2,1H3,(H,22,23,26). The van der Waals surface area contributed by atoms with Gasteiger partial charge in [-0.15, -0.1) is 0 Å². The van der Waals surface area contributed by atoms with Crippen molar-refractivity contribution in [3.8, 4) is 6.07 Å². The molecule has 27 heavy (non-hydrogen) atoms. The number of halogens is 3. The molecule has 2 aromatic rings.